The fraction of sp³-hybridized carbons (Fsp3) is 0.106. The number of rotatable bonds is 5. The molecule has 20 rings (SSSR count). The Morgan fingerprint density at radius 2 is 0.657 bits per heavy atom. The molecular weight excluding hydrogens is 1320 g/mol. The molecule has 0 bridgehead atoms. The molecule has 0 saturated heterocycles. The molecule has 2 aromatic heterocycles. The molecule has 6 nitrogen and oxygen atoms in total. The van der Waals surface area contributed by atoms with Gasteiger partial charge in [-0.1, -0.05) is 77.4 Å². The highest BCUT2D eigenvalue weighted by atomic mass is 32.1. The van der Waals surface area contributed by atoms with Crippen LogP contribution in [0.3, 0.4) is 0 Å². The third kappa shape index (κ3) is 8.64. The molecule has 8 heterocycles. The lowest BCUT2D eigenvalue weighted by molar-refractivity contribution is 0.465. The van der Waals surface area contributed by atoms with E-state index in [0.29, 0.717) is 118 Å². The van der Waals surface area contributed by atoms with E-state index < -0.39 is 55.0 Å². The molecule has 102 heavy (non-hydrogen) atoms. The summed E-state index contributed by atoms with van der Waals surface area (Å²) in [7, 11) is 0. The second-order valence-electron chi connectivity index (χ2n) is 28.3. The highest BCUT2D eigenvalue weighted by molar-refractivity contribution is 7.34. The fourth-order valence-electron chi connectivity index (χ4n) is 18.1. The number of ether oxygens (including phenoxy) is 4. The predicted molar refractivity (Wildman–Crippen MR) is 405 cm³/mol. The van der Waals surface area contributed by atoms with Crippen molar-refractivity contribution in [3.05, 3.63) is 255 Å². The number of fused-ring (bicyclic) bond motifs is 16. The lowest BCUT2D eigenvalue weighted by atomic mass is 9.31. The standard InChI is InChI=1S/C85H55B3F6N2O4S2/c1-38-20-41(4)74(42(5)21-38)47-26-64-77-68(28-47)99-82-52-32-50(89)16-18-72(52)101-84(82)87(77)54-34-56-66(36-62(54)95(64)80-58(91)12-10-13-59(80)92)97-70-30-49(76-45(8)24-40(3)25-46(76)9)31-71-79(70)86(56)57-35-55-63(37-67(57)98-71)96(81-60(93)14-11-15-61(81)94)65-27-48(75-43(6)22-39(2)23-44(75)7)29-69-78(65)88(55)85-83(100-69)53-33-51(90)17-19-73(53)102-85/h10-37H,1-9H3. The van der Waals surface area contributed by atoms with Gasteiger partial charge in [0.1, 0.15) is 92.3 Å². The van der Waals surface area contributed by atoms with E-state index in [1.807, 2.05) is 62.4 Å². The number of benzene rings is 12. The number of hydrogen-bond donors (Lipinski definition) is 0. The molecule has 0 unspecified atom stereocenters. The molecule has 0 fully saturated rings. The summed E-state index contributed by atoms with van der Waals surface area (Å²) in [5, 5.41) is 1.17. The second-order valence-corrected chi connectivity index (χ2v) is 30.5. The summed E-state index contributed by atoms with van der Waals surface area (Å²) < 4.78 is 134. The fourth-order valence-corrected chi connectivity index (χ4v) is 20.6. The number of thiophene rings is 2. The minimum Gasteiger partial charge on any atom is -0.458 e. The summed E-state index contributed by atoms with van der Waals surface area (Å²) in [5.74, 6) is -0.459. The molecule has 6 aliphatic rings. The second kappa shape index (κ2) is 21.6. The average molecular weight is 1380 g/mol. The monoisotopic (exact) mass is 1380 g/mol. The molecule has 0 aliphatic carbocycles. The van der Waals surface area contributed by atoms with E-state index in [1.54, 1.807) is 21.9 Å². The molecule has 0 N–H and O–H groups in total. The van der Waals surface area contributed by atoms with Crippen molar-refractivity contribution in [2.24, 2.45) is 0 Å². The molecule has 0 radical (unpaired) electrons. The summed E-state index contributed by atoms with van der Waals surface area (Å²) in [6, 6.07) is 50.0. The Hall–Kier alpha value is -10.9. The zero-order chi connectivity index (χ0) is 69.6. The van der Waals surface area contributed by atoms with Crippen LogP contribution in [0.25, 0.3) is 53.6 Å². The molecule has 0 atom stereocenters. The van der Waals surface area contributed by atoms with Gasteiger partial charge in [-0.3, -0.25) is 0 Å². The Balaban J connectivity index is 0.893. The van der Waals surface area contributed by atoms with Gasteiger partial charge in [0, 0.05) is 70.1 Å². The first kappa shape index (κ1) is 61.0. The van der Waals surface area contributed by atoms with Crippen LogP contribution in [0, 0.1) is 97.2 Å². The van der Waals surface area contributed by atoms with Crippen LogP contribution in [0.1, 0.15) is 50.1 Å². The predicted octanol–water partition coefficient (Wildman–Crippen LogP) is 18.3. The molecular formula is C85H55B3F6N2O4S2. The molecule has 12 aromatic carbocycles. The van der Waals surface area contributed by atoms with Gasteiger partial charge in [0.25, 0.3) is 20.1 Å². The van der Waals surface area contributed by atoms with Gasteiger partial charge in [0.15, 0.2) is 0 Å². The Morgan fingerprint density at radius 1 is 0.314 bits per heavy atom. The van der Waals surface area contributed by atoms with Gasteiger partial charge in [0.2, 0.25) is 0 Å². The average Bonchev–Trinajstić information content (AvgIpc) is 1.07. The van der Waals surface area contributed by atoms with Crippen LogP contribution in [0.2, 0.25) is 0 Å². The van der Waals surface area contributed by atoms with Gasteiger partial charge >= 0.3 is 0 Å². The first-order chi connectivity index (χ1) is 49.2. The van der Waals surface area contributed by atoms with Crippen molar-refractivity contribution in [2.45, 2.75) is 62.3 Å². The Morgan fingerprint density at radius 3 is 1.02 bits per heavy atom. The van der Waals surface area contributed by atoms with Gasteiger partial charge < -0.3 is 28.7 Å². The maximum Gasteiger partial charge on any atom is 0.268 e. The van der Waals surface area contributed by atoms with Crippen LogP contribution < -0.4 is 76.5 Å². The number of halogens is 6. The normalized spacial score (nSPS) is 13.7. The van der Waals surface area contributed by atoms with E-state index in [-0.39, 0.29) is 11.4 Å². The first-order valence-corrected chi connectivity index (χ1v) is 35.6. The minimum atomic E-state index is -0.799. The quantitative estimate of drug-likeness (QED) is 0.126. The SMILES string of the molecule is Cc1cc(C)c(-c2cc3c4c(c2)Oc2cc5c(cc2B4c2cc4c(cc2O3)N(c2c(F)cccc2F)c2cc(-c3c(C)cc(C)cc3C)cc3c2B4c2sc4ccc(F)cc4c2O3)B2c3sc4ccc(F)cc4c3Oc3cc(-c4c(C)cc(C)cc4C)cc(c32)N5c2c(F)cccc2F)c(C)c1. The van der Waals surface area contributed by atoms with E-state index >= 15 is 26.3 Å². The molecule has 17 heteroatoms. The van der Waals surface area contributed by atoms with Crippen molar-refractivity contribution in [2.75, 3.05) is 9.80 Å². The molecule has 14 aromatic rings. The summed E-state index contributed by atoms with van der Waals surface area (Å²) in [6.45, 7) is 16.5. The molecule has 6 aliphatic heterocycles. The number of anilines is 6. The maximum absolute atomic E-state index is 17.4. The van der Waals surface area contributed by atoms with Crippen LogP contribution in [0.15, 0.2) is 170 Å². The van der Waals surface area contributed by atoms with Crippen molar-refractivity contribution in [1.29, 1.82) is 0 Å². The van der Waals surface area contributed by atoms with Gasteiger partial charge in [-0.2, -0.15) is 0 Å². The first-order valence-electron chi connectivity index (χ1n) is 34.0. The van der Waals surface area contributed by atoms with Crippen molar-refractivity contribution >= 4 is 145 Å². The largest absolute Gasteiger partial charge is 0.458 e. The summed E-state index contributed by atoms with van der Waals surface area (Å²) in [5.41, 5.74) is 20.4. The van der Waals surface area contributed by atoms with Gasteiger partial charge in [-0.05, 0) is 259 Å². The molecule has 492 valence electrons. The number of para-hydroxylation sites is 2. The van der Waals surface area contributed by atoms with Crippen molar-refractivity contribution < 1.29 is 45.3 Å². The number of nitrogens with zero attached hydrogens (tertiary/aromatic N) is 2. The van der Waals surface area contributed by atoms with Crippen LogP contribution >= 0.6 is 22.7 Å². The zero-order valence-corrected chi connectivity index (χ0v) is 58.1. The third-order valence-electron chi connectivity index (χ3n) is 21.6. The molecule has 0 saturated carbocycles. The van der Waals surface area contributed by atoms with E-state index in [2.05, 4.69) is 97.0 Å². The topological polar surface area (TPSA) is 43.4 Å². The lowest BCUT2D eigenvalue weighted by Gasteiger charge is -2.42. The number of aryl methyl sites for hydroxylation is 9. The van der Waals surface area contributed by atoms with Crippen molar-refractivity contribution in [3.63, 3.8) is 0 Å². The summed E-state index contributed by atoms with van der Waals surface area (Å²) in [6.07, 6.45) is 0. The highest BCUT2D eigenvalue weighted by Crippen LogP contribution is 2.53. The minimum absolute atomic E-state index is 0.307. The number of hydrogen-bond acceptors (Lipinski definition) is 8. The Bertz CT molecular complexity index is 5790. The highest BCUT2D eigenvalue weighted by Gasteiger charge is 2.51. The van der Waals surface area contributed by atoms with Crippen LogP contribution in [0.5, 0.6) is 46.0 Å². The summed E-state index contributed by atoms with van der Waals surface area (Å²) >= 11 is 2.96. The van der Waals surface area contributed by atoms with Gasteiger partial charge in [-0.25, -0.2) is 26.3 Å². The molecule has 0 spiro atoms. The Labute approximate surface area is 592 Å². The van der Waals surface area contributed by atoms with Crippen LogP contribution in [-0.2, 0) is 0 Å². The Kier molecular flexibility index (Phi) is 12.9. The van der Waals surface area contributed by atoms with Gasteiger partial charge in [-0.15, -0.1) is 22.7 Å². The van der Waals surface area contributed by atoms with E-state index in [0.717, 1.165) is 102 Å². The van der Waals surface area contributed by atoms with Crippen molar-refractivity contribution in [1.82, 2.24) is 0 Å². The summed E-state index contributed by atoms with van der Waals surface area (Å²) in [4.78, 5) is 3.34. The van der Waals surface area contributed by atoms with E-state index in [1.165, 1.54) is 83.3 Å². The lowest BCUT2D eigenvalue weighted by Crippen LogP contribution is -2.64. The van der Waals surface area contributed by atoms with Crippen molar-refractivity contribution in [3.8, 4) is 79.4 Å². The maximum atomic E-state index is 17.4. The van der Waals surface area contributed by atoms with Gasteiger partial charge in [0.05, 0.1) is 0 Å². The van der Waals surface area contributed by atoms with E-state index in [9.17, 15) is 0 Å². The van der Waals surface area contributed by atoms with Crippen LogP contribution in [-0.4, -0.2) is 20.1 Å². The smallest absolute Gasteiger partial charge is 0.268 e. The van der Waals surface area contributed by atoms with Crippen LogP contribution in [0.4, 0.5) is 60.5 Å². The van der Waals surface area contributed by atoms with E-state index in [4.69, 9.17) is 18.9 Å². The molecule has 0 amide bonds. The third-order valence-corrected chi connectivity index (χ3v) is 24.0. The zero-order valence-electron chi connectivity index (χ0n) is 56.5.